The molecule has 6 atom stereocenters. The third kappa shape index (κ3) is 7.57. The number of methoxy groups -OCH3 is 1. The van der Waals surface area contributed by atoms with E-state index in [-0.39, 0.29) is 40.2 Å². The second-order valence-electron chi connectivity index (χ2n) is 15.8. The summed E-state index contributed by atoms with van der Waals surface area (Å²) in [6.45, 7) is 3.86. The summed E-state index contributed by atoms with van der Waals surface area (Å²) in [6.07, 6.45) is 11.2. The first-order valence-electron chi connectivity index (χ1n) is 18.8. The van der Waals surface area contributed by atoms with Crippen molar-refractivity contribution in [1.82, 2.24) is 14.2 Å². The van der Waals surface area contributed by atoms with Gasteiger partial charge in [-0.05, 0) is 104 Å². The van der Waals surface area contributed by atoms with E-state index in [2.05, 4.69) is 38.3 Å². The molecule has 1 aromatic heterocycles. The summed E-state index contributed by atoms with van der Waals surface area (Å²) in [5, 5.41) is 0.728. The van der Waals surface area contributed by atoms with Gasteiger partial charge in [-0.15, -0.1) is 4.36 Å². The smallest absolute Gasteiger partial charge is 0.286 e. The average molecular weight is 776 g/mol. The predicted molar refractivity (Wildman–Crippen MR) is 211 cm³/mol. The van der Waals surface area contributed by atoms with Crippen LogP contribution < -0.4 is 14.4 Å². The molecule has 4 aliphatic rings. The number of allylic oxidation sites excluding steroid dienone is 1. The highest BCUT2D eigenvalue weighted by Gasteiger charge is 2.44. The van der Waals surface area contributed by atoms with Gasteiger partial charge in [0.15, 0.2) is 0 Å². The summed E-state index contributed by atoms with van der Waals surface area (Å²) in [5.74, 6) is -0.543. The molecule has 0 radical (unpaired) electrons. The monoisotopic (exact) mass is 775 g/mol. The Balaban J connectivity index is 1.28. The summed E-state index contributed by atoms with van der Waals surface area (Å²) in [5.41, 5.74) is 3.72. The Bertz CT molecular complexity index is 2120. The number of hydrogen-bond donors (Lipinski definition) is 1. The normalized spacial score (nSPS) is 28.7. The molecule has 288 valence electrons. The molecule has 3 amide bonds. The first-order chi connectivity index (χ1) is 25.8. The maximum atomic E-state index is 14.7. The molecule has 1 fully saturated rings. The Morgan fingerprint density at radius 1 is 1.15 bits per heavy atom. The van der Waals surface area contributed by atoms with Crippen molar-refractivity contribution in [2.75, 3.05) is 51.6 Å². The number of fused-ring (bicyclic) bond motifs is 4. The van der Waals surface area contributed by atoms with Gasteiger partial charge >= 0.3 is 0 Å². The molecule has 1 saturated carbocycles. The molecule has 1 spiro atoms. The van der Waals surface area contributed by atoms with Crippen LogP contribution in [-0.2, 0) is 33.5 Å². The lowest BCUT2D eigenvalue weighted by molar-refractivity contribution is 0.0131. The highest BCUT2D eigenvalue weighted by molar-refractivity contribution is 7.92. The summed E-state index contributed by atoms with van der Waals surface area (Å²) in [4.78, 5) is 44.2. The lowest BCUT2D eigenvalue weighted by Gasteiger charge is -2.46. The molecule has 3 aromatic rings. The van der Waals surface area contributed by atoms with Crippen LogP contribution in [0.4, 0.5) is 5.69 Å². The number of amides is 3. The number of aryl methyl sites for hydroxylation is 2. The van der Waals surface area contributed by atoms with Gasteiger partial charge in [0.2, 0.25) is 0 Å². The van der Waals surface area contributed by atoms with Crippen molar-refractivity contribution in [2.45, 2.75) is 57.0 Å². The van der Waals surface area contributed by atoms with Crippen LogP contribution in [0.1, 0.15) is 81.4 Å². The van der Waals surface area contributed by atoms with Gasteiger partial charge < -0.3 is 23.8 Å². The number of ether oxygens (including phenoxy) is 2. The molecule has 2 aliphatic carbocycles. The van der Waals surface area contributed by atoms with E-state index in [1.165, 1.54) is 28.3 Å². The average Bonchev–Trinajstić information content (AvgIpc) is 3.44. The van der Waals surface area contributed by atoms with E-state index in [0.29, 0.717) is 42.9 Å². The summed E-state index contributed by atoms with van der Waals surface area (Å²) in [7, 11) is 3.04. The van der Waals surface area contributed by atoms with Crippen molar-refractivity contribution >= 4 is 44.9 Å². The summed E-state index contributed by atoms with van der Waals surface area (Å²) >= 11 is 6.46. The van der Waals surface area contributed by atoms with Gasteiger partial charge in [-0.3, -0.25) is 19.1 Å². The largest absolute Gasteiger partial charge is 0.490 e. The van der Waals surface area contributed by atoms with Crippen LogP contribution >= 0.6 is 11.6 Å². The third-order valence-corrected chi connectivity index (χ3v) is 13.9. The van der Waals surface area contributed by atoms with Crippen molar-refractivity contribution in [3.05, 3.63) is 93.8 Å². The fourth-order valence-corrected chi connectivity index (χ4v) is 10.8. The lowest BCUT2D eigenvalue weighted by Crippen LogP contribution is -2.49. The molecule has 54 heavy (non-hydrogen) atoms. The molecular formula is C41H50ClN5O6S. The molecule has 2 bridgehead atoms. The van der Waals surface area contributed by atoms with E-state index >= 15 is 0 Å². The van der Waals surface area contributed by atoms with Crippen molar-refractivity contribution in [1.29, 1.82) is 0 Å². The van der Waals surface area contributed by atoms with Crippen LogP contribution in [0.25, 0.3) is 0 Å². The minimum atomic E-state index is -3.63. The Labute approximate surface area is 323 Å². The maximum Gasteiger partial charge on any atom is 0.286 e. The van der Waals surface area contributed by atoms with Crippen LogP contribution in [-0.4, -0.2) is 84.2 Å². The van der Waals surface area contributed by atoms with Gasteiger partial charge in [-0.25, -0.2) is 4.21 Å². The second-order valence-corrected chi connectivity index (χ2v) is 18.3. The number of anilines is 1. The first kappa shape index (κ1) is 38.2. The number of nitrogens with one attached hydrogen (secondary N) is 1. The molecule has 13 heteroatoms. The molecular weight excluding hydrogens is 726 g/mol. The molecule has 2 aromatic carbocycles. The molecule has 3 heterocycles. The summed E-state index contributed by atoms with van der Waals surface area (Å²) < 4.78 is 35.8. The van der Waals surface area contributed by atoms with Crippen LogP contribution in [0.5, 0.6) is 5.75 Å². The molecule has 1 N–H and O–H groups in total. The van der Waals surface area contributed by atoms with Crippen LogP contribution in [0.3, 0.4) is 0 Å². The van der Waals surface area contributed by atoms with Gasteiger partial charge in [0, 0.05) is 63.5 Å². The number of rotatable bonds is 4. The van der Waals surface area contributed by atoms with Crippen molar-refractivity contribution in [3.63, 3.8) is 0 Å². The van der Waals surface area contributed by atoms with E-state index in [9.17, 15) is 18.6 Å². The Hall–Kier alpha value is -4.13. The van der Waals surface area contributed by atoms with Gasteiger partial charge in [0.1, 0.15) is 21.4 Å². The molecule has 2 aliphatic heterocycles. The number of benzene rings is 2. The second kappa shape index (κ2) is 15.2. The Morgan fingerprint density at radius 3 is 2.70 bits per heavy atom. The number of halogens is 1. The van der Waals surface area contributed by atoms with Gasteiger partial charge in [-0.1, -0.05) is 36.7 Å². The topological polar surface area (TPSA) is 123 Å². The van der Waals surface area contributed by atoms with Crippen LogP contribution in [0.15, 0.2) is 65.2 Å². The highest BCUT2D eigenvalue weighted by atomic mass is 35.5. The molecule has 0 saturated heterocycles. The maximum absolute atomic E-state index is 14.7. The predicted octanol–water partition coefficient (Wildman–Crippen LogP) is 6.44. The van der Waals surface area contributed by atoms with Gasteiger partial charge in [0.25, 0.3) is 17.7 Å². The van der Waals surface area contributed by atoms with E-state index in [1.54, 1.807) is 45.0 Å². The number of nitrogens with zero attached hydrogens (tertiary/aromatic N) is 4. The zero-order valence-corrected chi connectivity index (χ0v) is 33.3. The Morgan fingerprint density at radius 2 is 1.96 bits per heavy atom. The van der Waals surface area contributed by atoms with Gasteiger partial charge in [-0.2, -0.15) is 0 Å². The zero-order chi connectivity index (χ0) is 38.4. The first-order valence-corrected chi connectivity index (χ1v) is 20.8. The highest BCUT2D eigenvalue weighted by Crippen LogP contribution is 2.47. The van der Waals surface area contributed by atoms with Crippen molar-refractivity contribution in [3.8, 4) is 5.75 Å². The van der Waals surface area contributed by atoms with Crippen LogP contribution in [0.2, 0.25) is 5.02 Å². The van der Waals surface area contributed by atoms with Gasteiger partial charge in [0.05, 0.1) is 29.7 Å². The molecule has 0 unspecified atom stereocenters. The third-order valence-electron chi connectivity index (χ3n) is 11.7. The summed E-state index contributed by atoms with van der Waals surface area (Å²) in [6, 6.07) is 12.9. The quantitative estimate of drug-likeness (QED) is 0.303. The number of aromatic nitrogens is 1. The SMILES string of the molecule is CO[C@H]1/C=C/C[C@H](C)C[S@@](=O)(NC(=O)c2cc(C(=O)N(C)C)n(C)c2)=NC(=O)c2ccc3c(c2)N(C[C@@H]2CC[C@H]21)C[C@@]1(CCCc2cc(Cl)ccc21)CO3. The molecule has 7 rings (SSSR count). The minimum Gasteiger partial charge on any atom is -0.490 e. The van der Waals surface area contributed by atoms with E-state index < -0.39 is 21.7 Å². The standard InChI is InChI=1S/C41H50ClN5O6S/c1-26-8-6-10-36(52-5)32-14-11-29(32)22-47-24-41(17-7-9-27-18-31(42)13-15-33(27)41)25-53-37-16-12-28(19-34(37)47)38(48)43-54(51,23-26)44-39(49)30-20-35(46(4)21-30)40(50)45(2)3/h6,10,12-13,15-16,18-21,26,29,32,36H,7-9,11,14,17,22-25H2,1-5H3,(H,43,44,48,49,51)/b10-6+/t26-,29-,32+,36-,41-,54-/m0/s1. The van der Waals surface area contributed by atoms with Crippen molar-refractivity contribution in [2.24, 2.45) is 29.2 Å². The Kier molecular flexibility index (Phi) is 10.7. The zero-order valence-electron chi connectivity index (χ0n) is 31.7. The lowest BCUT2D eigenvalue weighted by atomic mass is 9.68. The number of carbonyl (C=O) groups is 3. The fourth-order valence-electron chi connectivity index (χ4n) is 8.70. The van der Waals surface area contributed by atoms with Crippen molar-refractivity contribution < 1.29 is 28.1 Å². The van der Waals surface area contributed by atoms with E-state index in [1.807, 2.05) is 19.1 Å². The minimum absolute atomic E-state index is 0.0546. The number of carbonyl (C=O) groups excluding carboxylic acids is 3. The van der Waals surface area contributed by atoms with E-state index in [0.717, 1.165) is 49.4 Å². The number of hydrogen-bond acceptors (Lipinski definition) is 7. The van der Waals surface area contributed by atoms with E-state index in [4.69, 9.17) is 21.1 Å². The van der Waals surface area contributed by atoms with Crippen LogP contribution in [0, 0.1) is 17.8 Å². The fraction of sp³-hybridized carbons (Fsp3) is 0.488. The molecule has 11 nitrogen and oxygen atoms in total.